The largest absolute Gasteiger partial charge is 0.390 e. The van der Waals surface area contributed by atoms with Gasteiger partial charge in [0.05, 0.1) is 18.7 Å². The van der Waals surface area contributed by atoms with Crippen LogP contribution in [0.2, 0.25) is 0 Å². The molecular weight excluding hydrogens is 282 g/mol. The van der Waals surface area contributed by atoms with Gasteiger partial charge in [0.25, 0.3) is 0 Å². The number of carbonyl (C=O) groups is 1. The molecule has 0 aliphatic heterocycles. The van der Waals surface area contributed by atoms with E-state index in [2.05, 4.69) is 20.8 Å². The second kappa shape index (κ2) is 6.15. The minimum Gasteiger partial charge on any atom is -0.390 e. The number of benzene rings is 1. The zero-order chi connectivity index (χ0) is 15.5. The molecule has 1 aliphatic rings. The number of aromatic nitrogens is 3. The molecule has 1 heterocycles. The van der Waals surface area contributed by atoms with Crippen LogP contribution in [0.15, 0.2) is 30.6 Å². The van der Waals surface area contributed by atoms with Crippen LogP contribution in [-0.4, -0.2) is 32.0 Å². The van der Waals surface area contributed by atoms with Gasteiger partial charge in [-0.15, -0.1) is 10.2 Å². The molecule has 1 aromatic carbocycles. The number of urea groups is 1. The molecule has 22 heavy (non-hydrogen) atoms. The molecule has 2 aromatic rings. The Morgan fingerprint density at radius 2 is 2.27 bits per heavy atom. The van der Waals surface area contributed by atoms with Gasteiger partial charge in [0, 0.05) is 13.0 Å². The van der Waals surface area contributed by atoms with E-state index in [0.717, 1.165) is 17.7 Å². The average Bonchev–Trinajstić information content (AvgIpc) is 3.10. The summed E-state index contributed by atoms with van der Waals surface area (Å²) in [6.07, 6.45) is 1.60. The fraction of sp³-hybridized carbons (Fsp3) is 0.400. The first-order chi connectivity index (χ1) is 10.7. The second-order valence-corrected chi connectivity index (χ2v) is 5.31. The Kier molecular flexibility index (Phi) is 4.06. The molecule has 1 aromatic heterocycles. The molecule has 0 saturated carbocycles. The van der Waals surface area contributed by atoms with Crippen molar-refractivity contribution in [3.05, 3.63) is 47.5 Å². The Balaban J connectivity index is 1.60. The zero-order valence-electron chi connectivity index (χ0n) is 12.4. The van der Waals surface area contributed by atoms with E-state index in [4.69, 9.17) is 0 Å². The summed E-state index contributed by atoms with van der Waals surface area (Å²) in [5.74, 6) is 0.699. The van der Waals surface area contributed by atoms with Gasteiger partial charge in [0.1, 0.15) is 6.33 Å². The van der Waals surface area contributed by atoms with Crippen molar-refractivity contribution in [1.29, 1.82) is 0 Å². The molecule has 0 fully saturated rings. The fourth-order valence-corrected chi connectivity index (χ4v) is 2.78. The van der Waals surface area contributed by atoms with Gasteiger partial charge in [-0.1, -0.05) is 24.3 Å². The van der Waals surface area contributed by atoms with Gasteiger partial charge in [0.15, 0.2) is 5.82 Å². The van der Waals surface area contributed by atoms with Crippen molar-refractivity contribution < 1.29 is 9.90 Å². The third-order valence-electron chi connectivity index (χ3n) is 3.93. The van der Waals surface area contributed by atoms with Gasteiger partial charge >= 0.3 is 6.03 Å². The minimum absolute atomic E-state index is 0.296. The van der Waals surface area contributed by atoms with E-state index in [0.29, 0.717) is 18.8 Å². The van der Waals surface area contributed by atoms with E-state index in [-0.39, 0.29) is 12.1 Å². The highest BCUT2D eigenvalue weighted by Crippen LogP contribution is 2.30. The van der Waals surface area contributed by atoms with E-state index >= 15 is 0 Å². The molecule has 0 radical (unpaired) electrons. The summed E-state index contributed by atoms with van der Waals surface area (Å²) in [7, 11) is 0. The maximum Gasteiger partial charge on any atom is 0.315 e. The number of rotatable bonds is 4. The number of hydrogen-bond donors (Lipinski definition) is 3. The first-order valence-electron chi connectivity index (χ1n) is 7.36. The number of carbonyl (C=O) groups excluding carboxylic acids is 1. The second-order valence-electron chi connectivity index (χ2n) is 5.31. The molecule has 0 saturated heterocycles. The van der Waals surface area contributed by atoms with Crippen molar-refractivity contribution in [2.24, 2.45) is 0 Å². The highest BCUT2D eigenvalue weighted by molar-refractivity contribution is 5.74. The van der Waals surface area contributed by atoms with Gasteiger partial charge in [-0.3, -0.25) is 0 Å². The lowest BCUT2D eigenvalue weighted by molar-refractivity contribution is 0.142. The quantitative estimate of drug-likeness (QED) is 0.777. The summed E-state index contributed by atoms with van der Waals surface area (Å²) >= 11 is 0. The van der Waals surface area contributed by atoms with Crippen molar-refractivity contribution >= 4 is 6.03 Å². The van der Waals surface area contributed by atoms with Crippen LogP contribution >= 0.6 is 0 Å². The topological polar surface area (TPSA) is 92.1 Å². The number of fused-ring (bicyclic) bond motifs is 1. The SMILES string of the molecule is CCn1cnnc1CNC(=O)N[C@@H]1c2ccccc2C[C@@H]1O. The van der Waals surface area contributed by atoms with Crippen molar-refractivity contribution in [3.8, 4) is 0 Å². The molecule has 1 aliphatic carbocycles. The maximum absolute atomic E-state index is 12.1. The van der Waals surface area contributed by atoms with Crippen LogP contribution in [0, 0.1) is 0 Å². The molecule has 7 nitrogen and oxygen atoms in total. The van der Waals surface area contributed by atoms with Crippen LogP contribution < -0.4 is 10.6 Å². The summed E-state index contributed by atoms with van der Waals surface area (Å²) in [6, 6.07) is 7.05. The van der Waals surface area contributed by atoms with E-state index in [1.807, 2.05) is 35.8 Å². The number of aliphatic hydroxyl groups is 1. The lowest BCUT2D eigenvalue weighted by Gasteiger charge is -2.18. The van der Waals surface area contributed by atoms with E-state index in [1.54, 1.807) is 6.33 Å². The first kappa shape index (κ1) is 14.5. The summed E-state index contributed by atoms with van der Waals surface area (Å²) in [5, 5.41) is 23.5. The van der Waals surface area contributed by atoms with Gasteiger partial charge in [-0.25, -0.2) is 4.79 Å². The van der Waals surface area contributed by atoms with E-state index in [9.17, 15) is 9.90 Å². The maximum atomic E-state index is 12.1. The summed E-state index contributed by atoms with van der Waals surface area (Å²) in [6.45, 7) is 3.03. The molecule has 2 amide bonds. The van der Waals surface area contributed by atoms with Gasteiger partial charge in [0.2, 0.25) is 0 Å². The van der Waals surface area contributed by atoms with Crippen LogP contribution in [0.1, 0.15) is 29.9 Å². The highest BCUT2D eigenvalue weighted by Gasteiger charge is 2.31. The van der Waals surface area contributed by atoms with Gasteiger partial charge in [-0.05, 0) is 18.1 Å². The molecule has 3 N–H and O–H groups in total. The first-order valence-corrected chi connectivity index (χ1v) is 7.36. The number of hydrogen-bond acceptors (Lipinski definition) is 4. The lowest BCUT2D eigenvalue weighted by Crippen LogP contribution is -2.41. The number of nitrogens with zero attached hydrogens (tertiary/aromatic N) is 3. The zero-order valence-corrected chi connectivity index (χ0v) is 12.4. The number of aliphatic hydroxyl groups excluding tert-OH is 1. The van der Waals surface area contributed by atoms with E-state index < -0.39 is 6.10 Å². The molecule has 0 bridgehead atoms. The Morgan fingerprint density at radius 1 is 1.45 bits per heavy atom. The Morgan fingerprint density at radius 3 is 3.09 bits per heavy atom. The van der Waals surface area contributed by atoms with Crippen LogP contribution in [0.3, 0.4) is 0 Å². The van der Waals surface area contributed by atoms with Crippen molar-refractivity contribution in [3.63, 3.8) is 0 Å². The van der Waals surface area contributed by atoms with Crippen molar-refractivity contribution in [1.82, 2.24) is 25.4 Å². The molecule has 116 valence electrons. The van der Waals surface area contributed by atoms with E-state index in [1.165, 1.54) is 0 Å². The van der Waals surface area contributed by atoms with Crippen molar-refractivity contribution in [2.45, 2.75) is 38.6 Å². The normalized spacial score (nSPS) is 19.7. The minimum atomic E-state index is -0.595. The third-order valence-corrected chi connectivity index (χ3v) is 3.93. The average molecular weight is 301 g/mol. The lowest BCUT2D eigenvalue weighted by atomic mass is 10.1. The molecule has 3 rings (SSSR count). The Hall–Kier alpha value is -2.41. The summed E-state index contributed by atoms with van der Waals surface area (Å²) < 4.78 is 1.86. The van der Waals surface area contributed by atoms with Crippen LogP contribution in [0.4, 0.5) is 4.79 Å². The smallest absolute Gasteiger partial charge is 0.315 e. The number of amides is 2. The van der Waals surface area contributed by atoms with Crippen LogP contribution in [-0.2, 0) is 19.5 Å². The number of nitrogens with one attached hydrogen (secondary N) is 2. The van der Waals surface area contributed by atoms with Crippen LogP contribution in [0.5, 0.6) is 0 Å². The Bertz CT molecular complexity index is 669. The summed E-state index contributed by atoms with van der Waals surface area (Å²) in [5.41, 5.74) is 2.05. The van der Waals surface area contributed by atoms with Gasteiger partial charge in [-0.2, -0.15) is 0 Å². The van der Waals surface area contributed by atoms with Crippen molar-refractivity contribution in [2.75, 3.05) is 0 Å². The monoisotopic (exact) mass is 301 g/mol. The molecule has 7 heteroatoms. The standard InChI is InChI=1S/C15H19N5O2/c1-2-20-9-17-19-13(20)8-16-15(22)18-14-11-6-4-3-5-10(11)7-12(14)21/h3-6,9,12,14,21H,2,7-8H2,1H3,(H2,16,18,22)/t12-,14+/m0/s1. The van der Waals surface area contributed by atoms with Crippen LogP contribution in [0.25, 0.3) is 0 Å². The predicted octanol–water partition coefficient (Wildman–Crippen LogP) is 0.755. The summed E-state index contributed by atoms with van der Waals surface area (Å²) in [4.78, 5) is 12.1. The molecule has 0 spiro atoms. The Labute approximate surface area is 128 Å². The predicted molar refractivity (Wildman–Crippen MR) is 80.0 cm³/mol. The molecule has 0 unspecified atom stereocenters. The number of aryl methyl sites for hydroxylation is 1. The van der Waals surface area contributed by atoms with Gasteiger partial charge < -0.3 is 20.3 Å². The highest BCUT2D eigenvalue weighted by atomic mass is 16.3. The third kappa shape index (κ3) is 2.80. The molecular formula is C15H19N5O2. The fourth-order valence-electron chi connectivity index (χ4n) is 2.78. The molecule has 2 atom stereocenters.